The highest BCUT2D eigenvalue weighted by Crippen LogP contribution is 2.64. The lowest BCUT2D eigenvalue weighted by Gasteiger charge is -2.34. The highest BCUT2D eigenvalue weighted by Gasteiger charge is 2.52. The molecule has 3 aliphatic rings. The van der Waals surface area contributed by atoms with Gasteiger partial charge in [-0.15, -0.1) is 0 Å². The second-order valence-corrected chi connectivity index (χ2v) is 18.4. The van der Waals surface area contributed by atoms with Crippen LogP contribution in [0.5, 0.6) is 0 Å². The van der Waals surface area contributed by atoms with Crippen molar-refractivity contribution in [3.05, 3.63) is 276 Å². The van der Waals surface area contributed by atoms with Gasteiger partial charge in [-0.2, -0.15) is 0 Å². The normalized spacial score (nSPS) is 15.3. The van der Waals surface area contributed by atoms with E-state index < -0.39 is 5.41 Å². The van der Waals surface area contributed by atoms with Gasteiger partial charge in [-0.05, 0) is 139 Å². The van der Waals surface area contributed by atoms with E-state index in [1.165, 1.54) is 83.6 Å². The Morgan fingerprint density at radius 3 is 1.26 bits per heavy atom. The highest BCUT2D eigenvalue weighted by molar-refractivity contribution is 5.99. The number of benzene rings is 10. The monoisotopic (exact) mass is 842 g/mol. The predicted molar refractivity (Wildman–Crippen MR) is 275 cm³/mol. The molecule has 0 aliphatic heterocycles. The average Bonchev–Trinajstić information content (AvgIpc) is 3.93. The van der Waals surface area contributed by atoms with Crippen molar-refractivity contribution in [3.8, 4) is 44.5 Å². The molecule has 1 unspecified atom stereocenters. The fraction of sp³-hybridized carbons (Fsp3) is 0.0625. The van der Waals surface area contributed by atoms with E-state index in [2.05, 4.69) is 266 Å². The summed E-state index contributed by atoms with van der Waals surface area (Å²) in [7, 11) is 0. The highest BCUT2D eigenvalue weighted by atomic mass is 15.2. The van der Waals surface area contributed by atoms with E-state index in [1.807, 2.05) is 0 Å². The molecule has 2 heteroatoms. The lowest BCUT2D eigenvalue weighted by Crippen LogP contribution is -2.26. The third kappa shape index (κ3) is 5.48. The minimum absolute atomic E-state index is 0.142. The van der Waals surface area contributed by atoms with Crippen molar-refractivity contribution in [1.29, 1.82) is 0 Å². The topological polar surface area (TPSA) is 6.48 Å². The molecule has 1 spiro atoms. The summed E-state index contributed by atoms with van der Waals surface area (Å²) in [5.74, 6) is 0. The van der Waals surface area contributed by atoms with Gasteiger partial charge in [-0.1, -0.05) is 190 Å². The van der Waals surface area contributed by atoms with Crippen molar-refractivity contribution in [3.63, 3.8) is 0 Å². The van der Waals surface area contributed by atoms with Crippen molar-refractivity contribution in [2.75, 3.05) is 9.80 Å². The van der Waals surface area contributed by atoms with Crippen molar-refractivity contribution >= 4 is 34.1 Å². The molecule has 10 aromatic rings. The first-order valence-electron chi connectivity index (χ1n) is 23.1. The van der Waals surface area contributed by atoms with Crippen LogP contribution in [-0.4, -0.2) is 0 Å². The molecule has 2 nitrogen and oxygen atoms in total. The quantitative estimate of drug-likeness (QED) is 0.158. The summed E-state index contributed by atoms with van der Waals surface area (Å²) in [4.78, 5) is 4.92. The maximum absolute atomic E-state index is 2.52. The molecule has 0 heterocycles. The average molecular weight is 843 g/mol. The lowest BCUT2D eigenvalue weighted by molar-refractivity contribution is 0.660. The van der Waals surface area contributed by atoms with Gasteiger partial charge in [0.05, 0.1) is 11.1 Å². The first kappa shape index (κ1) is 38.3. The largest absolute Gasteiger partial charge is 0.310 e. The predicted octanol–water partition coefficient (Wildman–Crippen LogP) is 16.9. The summed E-state index contributed by atoms with van der Waals surface area (Å²) >= 11 is 0. The van der Waals surface area contributed by atoms with E-state index in [0.29, 0.717) is 0 Å². The third-order valence-electron chi connectivity index (χ3n) is 14.7. The van der Waals surface area contributed by atoms with Crippen LogP contribution in [0.3, 0.4) is 0 Å². The first-order valence-corrected chi connectivity index (χ1v) is 23.1. The van der Waals surface area contributed by atoms with Gasteiger partial charge in [0, 0.05) is 39.4 Å². The van der Waals surface area contributed by atoms with Gasteiger partial charge in [0.1, 0.15) is 0 Å². The Hall–Kier alpha value is -8.20. The van der Waals surface area contributed by atoms with E-state index in [4.69, 9.17) is 0 Å². The smallest absolute Gasteiger partial charge is 0.0727 e. The van der Waals surface area contributed by atoms with E-state index in [-0.39, 0.29) is 5.41 Å². The fourth-order valence-corrected chi connectivity index (χ4v) is 11.8. The summed E-state index contributed by atoms with van der Waals surface area (Å²) in [5.41, 5.74) is 24.2. The van der Waals surface area contributed by atoms with E-state index in [9.17, 15) is 0 Å². The van der Waals surface area contributed by atoms with Crippen LogP contribution in [0, 0.1) is 0 Å². The van der Waals surface area contributed by atoms with Crippen molar-refractivity contribution < 1.29 is 0 Å². The SMILES string of the molecule is CC1(C)c2ccccc2-c2c(N(c3ccc(-c4ccccc4)cc3)c3ccc4c(c3)C3(c5ccccc5-c5ccc(N(c6ccccc6)c6ccccc6)cc53)c3ccccc3-4)cccc21. The molecule has 0 aromatic heterocycles. The Balaban J connectivity index is 1.07. The van der Waals surface area contributed by atoms with Crippen LogP contribution < -0.4 is 9.80 Å². The second kappa shape index (κ2) is 14.7. The van der Waals surface area contributed by atoms with Gasteiger partial charge >= 0.3 is 0 Å². The summed E-state index contributed by atoms with van der Waals surface area (Å²) in [6, 6.07) is 90.0. The molecule has 0 N–H and O–H groups in total. The molecule has 13 rings (SSSR count). The van der Waals surface area contributed by atoms with Crippen LogP contribution in [0.25, 0.3) is 44.5 Å². The van der Waals surface area contributed by atoms with Gasteiger partial charge in [0.15, 0.2) is 0 Å². The van der Waals surface area contributed by atoms with Crippen molar-refractivity contribution in [2.45, 2.75) is 24.7 Å². The summed E-state index contributed by atoms with van der Waals surface area (Å²) in [6.07, 6.45) is 0. The molecule has 10 aromatic carbocycles. The molecule has 1 atom stereocenters. The molecule has 312 valence electrons. The molecule has 3 aliphatic carbocycles. The number of hydrogen-bond donors (Lipinski definition) is 0. The van der Waals surface area contributed by atoms with Gasteiger partial charge in [-0.25, -0.2) is 0 Å². The zero-order valence-corrected chi connectivity index (χ0v) is 37.0. The van der Waals surface area contributed by atoms with Crippen LogP contribution in [0.4, 0.5) is 34.1 Å². The molecular formula is C64H46N2. The Kier molecular flexibility index (Phi) is 8.51. The van der Waals surface area contributed by atoms with Crippen molar-refractivity contribution in [2.24, 2.45) is 0 Å². The van der Waals surface area contributed by atoms with Gasteiger partial charge in [0.2, 0.25) is 0 Å². The van der Waals surface area contributed by atoms with E-state index in [1.54, 1.807) is 0 Å². The number of fused-ring (bicyclic) bond motifs is 13. The van der Waals surface area contributed by atoms with E-state index >= 15 is 0 Å². The van der Waals surface area contributed by atoms with Crippen LogP contribution in [0.2, 0.25) is 0 Å². The Labute approximate surface area is 387 Å². The Bertz CT molecular complexity index is 3450. The van der Waals surface area contributed by atoms with Crippen molar-refractivity contribution in [1.82, 2.24) is 0 Å². The molecule has 0 radical (unpaired) electrons. The zero-order valence-electron chi connectivity index (χ0n) is 37.0. The Morgan fingerprint density at radius 2 is 0.682 bits per heavy atom. The maximum Gasteiger partial charge on any atom is 0.0727 e. The minimum atomic E-state index is -0.570. The maximum atomic E-state index is 2.52. The molecule has 0 amide bonds. The molecular weight excluding hydrogens is 797 g/mol. The second-order valence-electron chi connectivity index (χ2n) is 18.4. The Morgan fingerprint density at radius 1 is 0.273 bits per heavy atom. The lowest BCUT2D eigenvalue weighted by atomic mass is 9.70. The number of nitrogens with zero attached hydrogens (tertiary/aromatic N) is 2. The van der Waals surface area contributed by atoms with E-state index in [0.717, 1.165) is 28.4 Å². The standard InChI is InChI=1S/C64H46N2/c1-63(2)55-28-15-14-27-54(55)62-58(63)31-18-32-61(62)66(47-35-33-44(34-36-47)43-19-6-3-7-20-43)49-38-40-53-51-26-13-17-30-57(51)64(60(53)42-49)56-29-16-12-25-50(56)52-39-37-48(41-59(52)64)65(45-21-8-4-9-22-45)46-23-10-5-11-24-46/h3-42H,1-2H3. The fourth-order valence-electron chi connectivity index (χ4n) is 11.8. The van der Waals surface area contributed by atoms with Crippen LogP contribution >= 0.6 is 0 Å². The number of anilines is 6. The minimum Gasteiger partial charge on any atom is -0.310 e. The molecule has 0 fully saturated rings. The number of rotatable bonds is 7. The molecule has 0 bridgehead atoms. The van der Waals surface area contributed by atoms with Gasteiger partial charge < -0.3 is 9.80 Å². The van der Waals surface area contributed by atoms with Crippen LogP contribution in [0.1, 0.15) is 47.2 Å². The summed E-state index contributed by atoms with van der Waals surface area (Å²) in [6.45, 7) is 4.74. The third-order valence-corrected chi connectivity index (χ3v) is 14.7. The first-order chi connectivity index (χ1) is 32.5. The molecule has 0 saturated heterocycles. The summed E-state index contributed by atoms with van der Waals surface area (Å²) < 4.78 is 0. The van der Waals surface area contributed by atoms with Gasteiger partial charge in [0.25, 0.3) is 0 Å². The van der Waals surface area contributed by atoms with Gasteiger partial charge in [-0.3, -0.25) is 0 Å². The number of hydrogen-bond acceptors (Lipinski definition) is 2. The van der Waals surface area contributed by atoms with Crippen LogP contribution in [0.15, 0.2) is 243 Å². The zero-order chi connectivity index (χ0) is 44.0. The van der Waals surface area contributed by atoms with Crippen LogP contribution in [-0.2, 0) is 10.8 Å². The molecule has 0 saturated carbocycles. The summed E-state index contributed by atoms with van der Waals surface area (Å²) in [5, 5.41) is 0. The number of para-hydroxylation sites is 2. The molecule has 66 heavy (non-hydrogen) atoms.